The summed E-state index contributed by atoms with van der Waals surface area (Å²) in [5, 5.41) is 13.5. The molecule has 2 aromatic carbocycles. The van der Waals surface area contributed by atoms with E-state index in [1.54, 1.807) is 22.4 Å². The fourth-order valence-electron chi connectivity index (χ4n) is 4.10. The van der Waals surface area contributed by atoms with E-state index in [0.29, 0.717) is 29.6 Å². The predicted molar refractivity (Wildman–Crippen MR) is 124 cm³/mol. The van der Waals surface area contributed by atoms with Crippen molar-refractivity contribution in [3.63, 3.8) is 0 Å². The zero-order valence-corrected chi connectivity index (χ0v) is 18.0. The molecule has 0 aliphatic heterocycles. The highest BCUT2D eigenvalue weighted by Crippen LogP contribution is 2.28. The first-order valence-electron chi connectivity index (χ1n) is 10.7. The van der Waals surface area contributed by atoms with E-state index in [1.165, 1.54) is 0 Å². The van der Waals surface area contributed by atoms with E-state index in [2.05, 4.69) is 17.1 Å². The summed E-state index contributed by atoms with van der Waals surface area (Å²) in [5.74, 6) is 0.819. The van der Waals surface area contributed by atoms with Crippen LogP contribution in [0.2, 0.25) is 0 Å². The standard InChI is InChI=1S/C25H23N5O2/c1-3-19-22(18-10-5-4-6-11-18)24-27-26-23-20(30(24)28-19)14-16-29(25(23)31)15-13-17-9-7-8-12-21(17)32-2/h4-12,14,16H,3,13,15H2,1-2H3. The molecule has 0 spiro atoms. The largest absolute Gasteiger partial charge is 0.496 e. The van der Waals surface area contributed by atoms with Gasteiger partial charge in [-0.05, 0) is 36.1 Å². The van der Waals surface area contributed by atoms with E-state index in [9.17, 15) is 4.79 Å². The first-order chi connectivity index (χ1) is 15.7. The maximum atomic E-state index is 13.2. The smallest absolute Gasteiger partial charge is 0.280 e. The molecule has 7 heteroatoms. The third-order valence-corrected chi connectivity index (χ3v) is 5.74. The van der Waals surface area contributed by atoms with Gasteiger partial charge in [0.1, 0.15) is 11.3 Å². The predicted octanol–water partition coefficient (Wildman–Crippen LogP) is 3.92. The number of hydrogen-bond acceptors (Lipinski definition) is 5. The Morgan fingerprint density at radius 1 is 0.969 bits per heavy atom. The lowest BCUT2D eigenvalue weighted by Gasteiger charge is -2.10. The number of hydrogen-bond donors (Lipinski definition) is 0. The molecule has 32 heavy (non-hydrogen) atoms. The molecule has 0 bridgehead atoms. The molecule has 0 saturated carbocycles. The fourth-order valence-corrected chi connectivity index (χ4v) is 4.10. The van der Waals surface area contributed by atoms with E-state index in [1.807, 2.05) is 60.7 Å². The zero-order chi connectivity index (χ0) is 22.1. The zero-order valence-electron chi connectivity index (χ0n) is 18.0. The van der Waals surface area contributed by atoms with Gasteiger partial charge < -0.3 is 9.30 Å². The van der Waals surface area contributed by atoms with Gasteiger partial charge in [0.15, 0.2) is 11.2 Å². The molecule has 0 radical (unpaired) electrons. The van der Waals surface area contributed by atoms with E-state index < -0.39 is 0 Å². The molecule has 3 heterocycles. The fraction of sp³-hybridized carbons (Fsp3) is 0.200. The molecule has 160 valence electrons. The van der Waals surface area contributed by atoms with Gasteiger partial charge in [0, 0.05) is 12.7 Å². The minimum atomic E-state index is -0.179. The number of nitrogens with zero attached hydrogens (tertiary/aromatic N) is 5. The van der Waals surface area contributed by atoms with E-state index >= 15 is 0 Å². The van der Waals surface area contributed by atoms with Crippen molar-refractivity contribution in [2.75, 3.05) is 7.11 Å². The van der Waals surface area contributed by atoms with Gasteiger partial charge in [-0.15, -0.1) is 10.2 Å². The average molecular weight is 425 g/mol. The maximum Gasteiger partial charge on any atom is 0.280 e. The second-order valence-corrected chi connectivity index (χ2v) is 7.59. The Kier molecular flexibility index (Phi) is 5.15. The van der Waals surface area contributed by atoms with Crippen LogP contribution in [0.15, 0.2) is 71.7 Å². The van der Waals surface area contributed by atoms with Crippen molar-refractivity contribution in [1.29, 1.82) is 0 Å². The van der Waals surface area contributed by atoms with Crippen LogP contribution in [0.3, 0.4) is 0 Å². The number of aromatic nitrogens is 5. The van der Waals surface area contributed by atoms with E-state index in [0.717, 1.165) is 34.6 Å². The van der Waals surface area contributed by atoms with Crippen molar-refractivity contribution in [1.82, 2.24) is 24.4 Å². The highest BCUT2D eigenvalue weighted by molar-refractivity contribution is 5.84. The Hall–Kier alpha value is -4.00. The van der Waals surface area contributed by atoms with Crippen molar-refractivity contribution in [3.8, 4) is 16.9 Å². The number of para-hydroxylation sites is 1. The van der Waals surface area contributed by atoms with Gasteiger partial charge in [-0.25, -0.2) is 4.52 Å². The molecular formula is C25H23N5O2. The Balaban J connectivity index is 1.58. The van der Waals surface area contributed by atoms with Crippen molar-refractivity contribution in [2.24, 2.45) is 0 Å². The molecule has 0 unspecified atom stereocenters. The highest BCUT2D eigenvalue weighted by Gasteiger charge is 2.18. The summed E-state index contributed by atoms with van der Waals surface area (Å²) in [6.07, 6.45) is 3.23. The second-order valence-electron chi connectivity index (χ2n) is 7.59. The Morgan fingerprint density at radius 2 is 1.75 bits per heavy atom. The Morgan fingerprint density at radius 3 is 2.53 bits per heavy atom. The van der Waals surface area contributed by atoms with Crippen LogP contribution >= 0.6 is 0 Å². The summed E-state index contributed by atoms with van der Waals surface area (Å²) >= 11 is 0. The number of benzene rings is 2. The summed E-state index contributed by atoms with van der Waals surface area (Å²) in [7, 11) is 1.65. The van der Waals surface area contributed by atoms with Gasteiger partial charge in [0.25, 0.3) is 5.56 Å². The lowest BCUT2D eigenvalue weighted by molar-refractivity contribution is 0.408. The summed E-state index contributed by atoms with van der Waals surface area (Å²) < 4.78 is 8.83. The van der Waals surface area contributed by atoms with Crippen LogP contribution in [0, 0.1) is 0 Å². The third-order valence-electron chi connectivity index (χ3n) is 5.74. The Bertz CT molecular complexity index is 1470. The number of fused-ring (bicyclic) bond motifs is 3. The summed E-state index contributed by atoms with van der Waals surface area (Å²) in [5.41, 5.74) is 5.43. The molecule has 0 atom stereocenters. The topological polar surface area (TPSA) is 74.3 Å². The van der Waals surface area contributed by atoms with Crippen molar-refractivity contribution >= 4 is 16.7 Å². The SMILES string of the molecule is CCc1nn2c(nnc3c(=O)n(CCc4ccccc4OC)ccc32)c1-c1ccccc1. The van der Waals surface area contributed by atoms with Crippen LogP contribution in [0.4, 0.5) is 0 Å². The molecule has 5 rings (SSSR count). The molecule has 5 aromatic rings. The molecule has 7 nitrogen and oxygen atoms in total. The quantitative estimate of drug-likeness (QED) is 0.412. The minimum Gasteiger partial charge on any atom is -0.496 e. The van der Waals surface area contributed by atoms with Crippen LogP contribution in [0.25, 0.3) is 27.8 Å². The van der Waals surface area contributed by atoms with Gasteiger partial charge in [0.2, 0.25) is 0 Å². The van der Waals surface area contributed by atoms with Gasteiger partial charge in [0.05, 0.1) is 18.4 Å². The summed E-state index contributed by atoms with van der Waals surface area (Å²) in [4.78, 5) is 13.2. The Labute approximate surface area is 184 Å². The van der Waals surface area contributed by atoms with Gasteiger partial charge >= 0.3 is 0 Å². The third kappa shape index (κ3) is 3.32. The molecule has 3 aromatic heterocycles. The number of pyridine rings is 1. The molecular weight excluding hydrogens is 402 g/mol. The van der Waals surface area contributed by atoms with Crippen molar-refractivity contribution < 1.29 is 4.74 Å². The van der Waals surface area contributed by atoms with E-state index in [-0.39, 0.29) is 5.56 Å². The first-order valence-corrected chi connectivity index (χ1v) is 10.7. The number of methoxy groups -OCH3 is 1. The average Bonchev–Trinajstić information content (AvgIpc) is 3.23. The molecule has 0 N–H and O–H groups in total. The van der Waals surface area contributed by atoms with Gasteiger partial charge in [-0.2, -0.15) is 5.10 Å². The van der Waals surface area contributed by atoms with Crippen molar-refractivity contribution in [3.05, 3.63) is 88.5 Å². The lowest BCUT2D eigenvalue weighted by atomic mass is 10.0. The van der Waals surface area contributed by atoms with Crippen LogP contribution in [-0.4, -0.2) is 31.5 Å². The van der Waals surface area contributed by atoms with Crippen molar-refractivity contribution in [2.45, 2.75) is 26.3 Å². The van der Waals surface area contributed by atoms with E-state index in [4.69, 9.17) is 9.84 Å². The molecule has 0 fully saturated rings. The first kappa shape index (κ1) is 19.9. The summed E-state index contributed by atoms with van der Waals surface area (Å²) in [6, 6.07) is 19.8. The van der Waals surface area contributed by atoms with Crippen LogP contribution in [0.5, 0.6) is 5.75 Å². The molecule has 0 aliphatic carbocycles. The number of aryl methyl sites for hydroxylation is 3. The monoisotopic (exact) mass is 425 g/mol. The van der Waals surface area contributed by atoms with Crippen LogP contribution < -0.4 is 10.3 Å². The summed E-state index contributed by atoms with van der Waals surface area (Å²) in [6.45, 7) is 2.58. The van der Waals surface area contributed by atoms with Crippen LogP contribution in [0.1, 0.15) is 18.2 Å². The number of rotatable bonds is 6. The normalized spacial score (nSPS) is 11.3. The lowest BCUT2D eigenvalue weighted by Crippen LogP contribution is -2.22. The molecule has 0 aliphatic rings. The van der Waals surface area contributed by atoms with Gasteiger partial charge in [-0.3, -0.25) is 4.79 Å². The number of ether oxygens (including phenoxy) is 1. The molecule has 0 amide bonds. The second kappa shape index (κ2) is 8.26. The van der Waals surface area contributed by atoms with Crippen LogP contribution in [-0.2, 0) is 19.4 Å². The minimum absolute atomic E-state index is 0.179. The molecule has 0 saturated heterocycles. The van der Waals surface area contributed by atoms with Gasteiger partial charge in [-0.1, -0.05) is 55.5 Å². The maximum absolute atomic E-state index is 13.2. The highest BCUT2D eigenvalue weighted by atomic mass is 16.5.